The second-order valence-corrected chi connectivity index (χ2v) is 11.8. The van der Waals surface area contributed by atoms with E-state index in [1.54, 1.807) is 18.4 Å². The molecule has 5 rings (SSSR count). The number of carbonyl (C=O) groups is 2. The number of piperidine rings is 1. The van der Waals surface area contributed by atoms with Crippen molar-refractivity contribution >= 4 is 23.2 Å². The Hall–Kier alpha value is -2.38. The van der Waals surface area contributed by atoms with Gasteiger partial charge < -0.3 is 19.9 Å². The molecule has 2 saturated heterocycles. The molecule has 7 heteroatoms. The van der Waals surface area contributed by atoms with Crippen LogP contribution in [0.2, 0.25) is 0 Å². The molecule has 0 bridgehead atoms. The SMILES string of the molecule is COc1ccc(CN2CCC3(CCN(CCC(NC(=O)C4(C)CC4)c4cccs4)CC3)C2=O)cc1. The maximum absolute atomic E-state index is 13.4. The van der Waals surface area contributed by atoms with Gasteiger partial charge in [-0.3, -0.25) is 9.59 Å². The molecular weight excluding hydrogens is 458 g/mol. The van der Waals surface area contributed by atoms with Crippen LogP contribution < -0.4 is 10.1 Å². The predicted molar refractivity (Wildman–Crippen MR) is 138 cm³/mol. The summed E-state index contributed by atoms with van der Waals surface area (Å²) in [5.41, 5.74) is 0.800. The Morgan fingerprint density at radius 2 is 1.80 bits per heavy atom. The highest BCUT2D eigenvalue weighted by atomic mass is 32.1. The summed E-state index contributed by atoms with van der Waals surface area (Å²) in [7, 11) is 1.67. The summed E-state index contributed by atoms with van der Waals surface area (Å²) >= 11 is 1.72. The maximum Gasteiger partial charge on any atom is 0.229 e. The highest BCUT2D eigenvalue weighted by Crippen LogP contribution is 2.46. The van der Waals surface area contributed by atoms with Gasteiger partial charge in [-0.2, -0.15) is 0 Å². The smallest absolute Gasteiger partial charge is 0.229 e. The van der Waals surface area contributed by atoms with Crippen LogP contribution in [-0.2, 0) is 16.1 Å². The van der Waals surface area contributed by atoms with Crippen LogP contribution in [0.5, 0.6) is 5.75 Å². The highest BCUT2D eigenvalue weighted by molar-refractivity contribution is 7.10. The molecule has 2 aromatic rings. The van der Waals surface area contributed by atoms with Crippen LogP contribution in [0.1, 0.15) is 61.9 Å². The van der Waals surface area contributed by atoms with Gasteiger partial charge in [-0.15, -0.1) is 11.3 Å². The first-order chi connectivity index (χ1) is 16.9. The van der Waals surface area contributed by atoms with Crippen molar-refractivity contribution in [1.82, 2.24) is 15.1 Å². The van der Waals surface area contributed by atoms with Gasteiger partial charge in [0.25, 0.3) is 0 Å². The number of hydrogen-bond acceptors (Lipinski definition) is 5. The number of ether oxygens (including phenoxy) is 1. The van der Waals surface area contributed by atoms with E-state index >= 15 is 0 Å². The maximum atomic E-state index is 13.4. The van der Waals surface area contributed by atoms with E-state index in [1.807, 2.05) is 29.2 Å². The summed E-state index contributed by atoms with van der Waals surface area (Å²) in [6.45, 7) is 6.43. The lowest BCUT2D eigenvalue weighted by Crippen LogP contribution is -2.45. The third kappa shape index (κ3) is 5.26. The lowest BCUT2D eigenvalue weighted by molar-refractivity contribution is -0.139. The zero-order chi connectivity index (χ0) is 24.5. The van der Waals surface area contributed by atoms with E-state index < -0.39 is 0 Å². The number of hydrogen-bond donors (Lipinski definition) is 1. The van der Waals surface area contributed by atoms with Crippen LogP contribution >= 0.6 is 11.3 Å². The second kappa shape index (κ2) is 9.94. The van der Waals surface area contributed by atoms with E-state index in [2.05, 4.69) is 34.7 Å². The van der Waals surface area contributed by atoms with Gasteiger partial charge in [-0.05, 0) is 80.8 Å². The second-order valence-electron chi connectivity index (χ2n) is 10.8. The van der Waals surface area contributed by atoms with Gasteiger partial charge in [-0.1, -0.05) is 25.1 Å². The molecule has 2 amide bonds. The van der Waals surface area contributed by atoms with Crippen LogP contribution in [0.25, 0.3) is 0 Å². The van der Waals surface area contributed by atoms with Gasteiger partial charge in [0.15, 0.2) is 0 Å². The lowest BCUT2D eigenvalue weighted by atomic mass is 9.77. The zero-order valence-corrected chi connectivity index (χ0v) is 21.7. The standard InChI is InChI=1S/C28H37N3O3S/c1-27(10-11-27)25(32)29-23(24-4-3-19-35-24)9-15-30-16-12-28(13-17-30)14-18-31(26(28)33)20-21-5-7-22(34-2)8-6-21/h3-8,19,23H,9-18,20H2,1-2H3,(H,29,32). The molecule has 35 heavy (non-hydrogen) atoms. The summed E-state index contributed by atoms with van der Waals surface area (Å²) in [4.78, 5) is 31.9. The number of likely N-dealkylation sites (tertiary alicyclic amines) is 2. The van der Waals surface area contributed by atoms with Crippen molar-refractivity contribution in [2.45, 2.75) is 58.0 Å². The number of thiophene rings is 1. The minimum absolute atomic E-state index is 0.0731. The average molecular weight is 496 g/mol. The fourth-order valence-corrected chi connectivity index (χ4v) is 6.31. The van der Waals surface area contributed by atoms with Gasteiger partial charge in [0.05, 0.1) is 18.6 Å². The zero-order valence-electron chi connectivity index (χ0n) is 20.9. The molecule has 1 saturated carbocycles. The van der Waals surface area contributed by atoms with Gasteiger partial charge in [0.1, 0.15) is 5.75 Å². The molecule has 3 heterocycles. The van der Waals surface area contributed by atoms with Crippen molar-refractivity contribution in [3.63, 3.8) is 0 Å². The Morgan fingerprint density at radius 3 is 2.43 bits per heavy atom. The van der Waals surface area contributed by atoms with Crippen LogP contribution in [-0.4, -0.2) is 54.9 Å². The van der Waals surface area contributed by atoms with Gasteiger partial charge >= 0.3 is 0 Å². The molecule has 2 aliphatic heterocycles. The summed E-state index contributed by atoms with van der Waals surface area (Å²) in [6.07, 6.45) is 5.72. The Morgan fingerprint density at radius 1 is 1.09 bits per heavy atom. The number of carbonyl (C=O) groups excluding carboxylic acids is 2. The summed E-state index contributed by atoms with van der Waals surface area (Å²) in [5, 5.41) is 5.41. The fraction of sp³-hybridized carbons (Fsp3) is 0.571. The van der Waals surface area contributed by atoms with Crippen LogP contribution in [0, 0.1) is 10.8 Å². The molecule has 188 valence electrons. The molecule has 1 atom stereocenters. The summed E-state index contributed by atoms with van der Waals surface area (Å²) in [6, 6.07) is 12.3. The topological polar surface area (TPSA) is 61.9 Å². The molecule has 1 unspecified atom stereocenters. The predicted octanol–water partition coefficient (Wildman–Crippen LogP) is 4.62. The Balaban J connectivity index is 1.13. The van der Waals surface area contributed by atoms with E-state index in [4.69, 9.17) is 4.74 Å². The number of amides is 2. The third-order valence-corrected chi connectivity index (χ3v) is 9.41. The first-order valence-electron chi connectivity index (χ1n) is 12.9. The normalized spacial score (nSPS) is 21.8. The van der Waals surface area contributed by atoms with E-state index in [-0.39, 0.29) is 22.8 Å². The van der Waals surface area contributed by atoms with E-state index in [0.717, 1.165) is 76.0 Å². The first-order valence-corrected chi connectivity index (χ1v) is 13.8. The van der Waals surface area contributed by atoms with Crippen LogP contribution in [0.4, 0.5) is 0 Å². The van der Waals surface area contributed by atoms with Crippen molar-refractivity contribution in [2.75, 3.05) is 33.3 Å². The number of rotatable bonds is 9. The molecule has 0 radical (unpaired) electrons. The van der Waals surface area contributed by atoms with Crippen molar-refractivity contribution < 1.29 is 14.3 Å². The minimum Gasteiger partial charge on any atom is -0.497 e. The number of nitrogens with one attached hydrogen (secondary N) is 1. The number of methoxy groups -OCH3 is 1. The molecule has 1 aromatic carbocycles. The monoisotopic (exact) mass is 495 g/mol. The largest absolute Gasteiger partial charge is 0.497 e. The molecule has 1 spiro atoms. The average Bonchev–Trinajstić information content (AvgIpc) is 3.28. The van der Waals surface area contributed by atoms with Crippen LogP contribution in [0.3, 0.4) is 0 Å². The van der Waals surface area contributed by atoms with Crippen molar-refractivity contribution in [2.24, 2.45) is 10.8 Å². The van der Waals surface area contributed by atoms with Crippen LogP contribution in [0.15, 0.2) is 41.8 Å². The molecule has 3 fully saturated rings. The van der Waals surface area contributed by atoms with Crippen molar-refractivity contribution in [3.8, 4) is 5.75 Å². The Labute approximate surface area is 212 Å². The van der Waals surface area contributed by atoms with Gasteiger partial charge in [-0.25, -0.2) is 0 Å². The summed E-state index contributed by atoms with van der Waals surface area (Å²) in [5.74, 6) is 1.37. The van der Waals surface area contributed by atoms with E-state index in [1.165, 1.54) is 4.88 Å². The van der Waals surface area contributed by atoms with Gasteiger partial charge in [0.2, 0.25) is 11.8 Å². The van der Waals surface area contributed by atoms with E-state index in [0.29, 0.717) is 12.5 Å². The van der Waals surface area contributed by atoms with Gasteiger partial charge in [0, 0.05) is 29.9 Å². The quantitative estimate of drug-likeness (QED) is 0.552. The first kappa shape index (κ1) is 24.3. The molecule has 6 nitrogen and oxygen atoms in total. The molecule has 1 N–H and O–H groups in total. The lowest BCUT2D eigenvalue weighted by Gasteiger charge is -2.38. The van der Waals surface area contributed by atoms with Crippen molar-refractivity contribution in [1.29, 1.82) is 0 Å². The summed E-state index contributed by atoms with van der Waals surface area (Å²) < 4.78 is 5.25. The highest BCUT2D eigenvalue weighted by Gasteiger charge is 2.48. The molecule has 1 aromatic heterocycles. The fourth-order valence-electron chi connectivity index (χ4n) is 5.50. The Bertz CT molecular complexity index is 1020. The third-order valence-electron chi connectivity index (χ3n) is 8.42. The Kier molecular flexibility index (Phi) is 6.91. The van der Waals surface area contributed by atoms with E-state index in [9.17, 15) is 9.59 Å². The molecular formula is C28H37N3O3S. The number of benzene rings is 1. The minimum atomic E-state index is -0.190. The molecule has 3 aliphatic rings. The molecule has 1 aliphatic carbocycles. The van der Waals surface area contributed by atoms with Crippen molar-refractivity contribution in [3.05, 3.63) is 52.2 Å². The number of nitrogens with zero attached hydrogens (tertiary/aromatic N) is 2.